The van der Waals surface area contributed by atoms with Crippen molar-refractivity contribution in [3.63, 3.8) is 0 Å². The van der Waals surface area contributed by atoms with E-state index < -0.39 is 7.82 Å². The molecule has 0 aromatic heterocycles. The summed E-state index contributed by atoms with van der Waals surface area (Å²) in [5, 5.41) is 8.55. The van der Waals surface area contributed by atoms with Crippen molar-refractivity contribution in [1.29, 1.82) is 0 Å². The van der Waals surface area contributed by atoms with Crippen molar-refractivity contribution in [2.24, 2.45) is 0 Å². The van der Waals surface area contributed by atoms with Gasteiger partial charge in [-0.05, 0) is 33.6 Å². The third-order valence-corrected chi connectivity index (χ3v) is 1.53. The Balaban J connectivity index is 0. The molecule has 6 heteroatoms. The minimum atomic E-state index is -4.64. The molecular formula is C10H21O5P. The van der Waals surface area contributed by atoms with Crippen LogP contribution in [-0.2, 0) is 4.57 Å². The van der Waals surface area contributed by atoms with Gasteiger partial charge in [-0.3, -0.25) is 0 Å². The van der Waals surface area contributed by atoms with Crippen LogP contribution < -0.4 is 0 Å². The lowest BCUT2D eigenvalue weighted by Crippen LogP contribution is -1.80. The number of hydrogen-bond acceptors (Lipinski definition) is 2. The maximum absolute atomic E-state index is 8.88. The van der Waals surface area contributed by atoms with Gasteiger partial charge in [0.1, 0.15) is 0 Å². The van der Waals surface area contributed by atoms with Crippen LogP contribution in [0.3, 0.4) is 0 Å². The second-order valence-corrected chi connectivity index (χ2v) is 4.59. The molecule has 0 fully saturated rings. The molecule has 0 saturated heterocycles. The second kappa shape index (κ2) is 9.75. The first-order chi connectivity index (χ1) is 7.16. The highest BCUT2D eigenvalue weighted by atomic mass is 31.2. The summed E-state index contributed by atoms with van der Waals surface area (Å²) in [4.78, 5) is 21.6. The number of rotatable bonds is 4. The molecule has 4 N–H and O–H groups in total. The summed E-state index contributed by atoms with van der Waals surface area (Å²) in [5.74, 6) is 0. The molecule has 0 aromatic rings. The number of aliphatic hydroxyl groups is 1. The summed E-state index contributed by atoms with van der Waals surface area (Å²) < 4.78 is 8.88. The second-order valence-electron chi connectivity index (χ2n) is 3.57. The van der Waals surface area contributed by atoms with Crippen LogP contribution in [0.25, 0.3) is 0 Å². The zero-order valence-electron chi connectivity index (χ0n) is 9.92. The summed E-state index contributed by atoms with van der Waals surface area (Å²) in [5.41, 5.74) is 2.63. The van der Waals surface area contributed by atoms with Crippen LogP contribution in [0.2, 0.25) is 0 Å². The first kappa shape index (κ1) is 17.9. The summed E-state index contributed by atoms with van der Waals surface area (Å²) in [6.07, 6.45) is 6.23. The lowest BCUT2D eigenvalue weighted by atomic mass is 10.1. The monoisotopic (exact) mass is 252 g/mol. The van der Waals surface area contributed by atoms with E-state index in [1.807, 2.05) is 6.08 Å². The van der Waals surface area contributed by atoms with Crippen molar-refractivity contribution in [3.8, 4) is 0 Å². The van der Waals surface area contributed by atoms with E-state index in [0.717, 1.165) is 12.8 Å². The number of aliphatic hydroxyl groups excluding tert-OH is 1. The van der Waals surface area contributed by atoms with E-state index in [1.54, 1.807) is 0 Å². The van der Waals surface area contributed by atoms with Crippen LogP contribution in [-0.4, -0.2) is 26.4 Å². The SMILES string of the molecule is CC(C)=CCCC(C)=CCO.O=P(O)(O)O. The molecule has 96 valence electrons. The van der Waals surface area contributed by atoms with Gasteiger partial charge in [0.2, 0.25) is 0 Å². The van der Waals surface area contributed by atoms with Gasteiger partial charge in [-0.25, -0.2) is 4.57 Å². The van der Waals surface area contributed by atoms with E-state index >= 15 is 0 Å². The number of allylic oxidation sites excluding steroid dienone is 3. The van der Waals surface area contributed by atoms with Gasteiger partial charge in [0, 0.05) is 0 Å². The molecular weight excluding hydrogens is 231 g/mol. The maximum atomic E-state index is 8.88. The fourth-order valence-corrected chi connectivity index (χ4v) is 0.846. The Morgan fingerprint density at radius 2 is 1.56 bits per heavy atom. The van der Waals surface area contributed by atoms with Crippen LogP contribution >= 0.6 is 7.82 Å². The Morgan fingerprint density at radius 3 is 1.88 bits per heavy atom. The third-order valence-electron chi connectivity index (χ3n) is 1.53. The Hall–Kier alpha value is -0.450. The van der Waals surface area contributed by atoms with Gasteiger partial charge in [0.15, 0.2) is 0 Å². The summed E-state index contributed by atoms with van der Waals surface area (Å²) in [7, 11) is -4.64. The van der Waals surface area contributed by atoms with Crippen LogP contribution in [0.4, 0.5) is 0 Å². The smallest absolute Gasteiger partial charge is 0.392 e. The molecule has 0 aliphatic heterocycles. The molecule has 0 aliphatic rings. The predicted molar refractivity (Wildman–Crippen MR) is 63.8 cm³/mol. The molecule has 0 aromatic carbocycles. The van der Waals surface area contributed by atoms with Crippen molar-refractivity contribution in [2.75, 3.05) is 6.61 Å². The molecule has 0 spiro atoms. The molecule has 0 aliphatic carbocycles. The molecule has 16 heavy (non-hydrogen) atoms. The van der Waals surface area contributed by atoms with Crippen LogP contribution in [0.1, 0.15) is 33.6 Å². The van der Waals surface area contributed by atoms with E-state index in [4.69, 9.17) is 24.4 Å². The van der Waals surface area contributed by atoms with E-state index in [2.05, 4.69) is 26.8 Å². The quantitative estimate of drug-likeness (QED) is 0.451. The molecule has 0 heterocycles. The van der Waals surface area contributed by atoms with Gasteiger partial charge in [-0.2, -0.15) is 0 Å². The highest BCUT2D eigenvalue weighted by Crippen LogP contribution is 2.25. The normalized spacial score (nSPS) is 11.6. The Kier molecular flexibility index (Phi) is 10.9. The molecule has 0 saturated carbocycles. The maximum Gasteiger partial charge on any atom is 0.466 e. The van der Waals surface area contributed by atoms with E-state index in [0.29, 0.717) is 0 Å². The Labute approximate surface area is 96.4 Å². The zero-order valence-corrected chi connectivity index (χ0v) is 10.8. The predicted octanol–water partition coefficient (Wildman–Crippen LogP) is 1.74. The largest absolute Gasteiger partial charge is 0.466 e. The van der Waals surface area contributed by atoms with Crippen LogP contribution in [0.15, 0.2) is 23.3 Å². The lowest BCUT2D eigenvalue weighted by Gasteiger charge is -1.96. The minimum absolute atomic E-state index is 0.167. The van der Waals surface area contributed by atoms with Gasteiger partial charge in [0.25, 0.3) is 0 Å². The first-order valence-electron chi connectivity index (χ1n) is 4.85. The van der Waals surface area contributed by atoms with E-state index in [9.17, 15) is 0 Å². The van der Waals surface area contributed by atoms with Crippen LogP contribution in [0, 0.1) is 0 Å². The zero-order chi connectivity index (χ0) is 13.2. The molecule has 0 radical (unpaired) electrons. The summed E-state index contributed by atoms with van der Waals surface area (Å²) >= 11 is 0. The summed E-state index contributed by atoms with van der Waals surface area (Å²) in [6, 6.07) is 0. The molecule has 0 rings (SSSR count). The van der Waals surface area contributed by atoms with Gasteiger partial charge in [-0.1, -0.05) is 23.3 Å². The molecule has 0 bridgehead atoms. The van der Waals surface area contributed by atoms with Crippen molar-refractivity contribution < 1.29 is 24.4 Å². The van der Waals surface area contributed by atoms with E-state index in [1.165, 1.54) is 11.1 Å². The van der Waals surface area contributed by atoms with Crippen molar-refractivity contribution in [2.45, 2.75) is 33.6 Å². The third kappa shape index (κ3) is 29.2. The molecule has 5 nitrogen and oxygen atoms in total. The van der Waals surface area contributed by atoms with Crippen LogP contribution in [0.5, 0.6) is 0 Å². The van der Waals surface area contributed by atoms with Gasteiger partial charge < -0.3 is 19.8 Å². The Morgan fingerprint density at radius 1 is 1.12 bits per heavy atom. The van der Waals surface area contributed by atoms with Gasteiger partial charge in [0.05, 0.1) is 6.61 Å². The standard InChI is InChI=1S/C10H18O.H3O4P/c1-9(2)5-4-6-10(3)7-8-11;1-5(2,3)4/h5,7,11H,4,6,8H2,1-3H3;(H3,1,2,3,4). The average Bonchev–Trinajstić information content (AvgIpc) is 2.00. The topological polar surface area (TPSA) is 98.0 Å². The fraction of sp³-hybridized carbons (Fsp3) is 0.600. The van der Waals surface area contributed by atoms with Crippen molar-refractivity contribution >= 4 is 7.82 Å². The molecule has 0 atom stereocenters. The average molecular weight is 252 g/mol. The highest BCUT2D eigenvalue weighted by molar-refractivity contribution is 7.45. The molecule has 0 unspecified atom stereocenters. The van der Waals surface area contributed by atoms with Crippen molar-refractivity contribution in [3.05, 3.63) is 23.3 Å². The van der Waals surface area contributed by atoms with Crippen molar-refractivity contribution in [1.82, 2.24) is 0 Å². The Bertz CT molecular complexity index is 265. The summed E-state index contributed by atoms with van der Waals surface area (Å²) in [6.45, 7) is 6.42. The number of hydrogen-bond donors (Lipinski definition) is 4. The van der Waals surface area contributed by atoms with Gasteiger partial charge >= 0.3 is 7.82 Å². The van der Waals surface area contributed by atoms with Gasteiger partial charge in [-0.15, -0.1) is 0 Å². The number of phosphoric acid groups is 1. The van der Waals surface area contributed by atoms with E-state index in [-0.39, 0.29) is 6.61 Å². The molecule has 0 amide bonds. The highest BCUT2D eigenvalue weighted by Gasteiger charge is 2.00. The lowest BCUT2D eigenvalue weighted by molar-refractivity contribution is 0.275. The fourth-order valence-electron chi connectivity index (χ4n) is 0.846. The minimum Gasteiger partial charge on any atom is -0.392 e. The first-order valence-corrected chi connectivity index (χ1v) is 6.41.